The van der Waals surface area contributed by atoms with Crippen LogP contribution in [0.4, 0.5) is 0 Å². The van der Waals surface area contributed by atoms with Crippen molar-refractivity contribution in [3.63, 3.8) is 0 Å². The number of carbonyl (C=O) groups excluding carboxylic acids is 3. The van der Waals surface area contributed by atoms with Crippen molar-refractivity contribution < 1.29 is 18.8 Å². The third-order valence-corrected chi connectivity index (χ3v) is 4.94. The highest BCUT2D eigenvalue weighted by molar-refractivity contribution is 6.21. The van der Waals surface area contributed by atoms with E-state index in [1.165, 1.54) is 4.90 Å². The van der Waals surface area contributed by atoms with E-state index in [9.17, 15) is 14.4 Å². The number of carbonyl (C=O) groups is 3. The molecule has 1 aromatic heterocycles. The molecule has 0 radical (unpaired) electrons. The zero-order valence-electron chi connectivity index (χ0n) is 16.1. The minimum Gasteiger partial charge on any atom is -0.464 e. The van der Waals surface area contributed by atoms with Gasteiger partial charge in [0, 0.05) is 5.56 Å². The Kier molecular flexibility index (Phi) is 4.76. The van der Waals surface area contributed by atoms with Crippen molar-refractivity contribution in [2.24, 2.45) is 0 Å². The first-order chi connectivity index (χ1) is 13.9. The first kappa shape index (κ1) is 18.7. The molecule has 0 saturated heterocycles. The number of benzene rings is 2. The van der Waals surface area contributed by atoms with E-state index >= 15 is 0 Å². The van der Waals surface area contributed by atoms with Crippen molar-refractivity contribution in [3.05, 3.63) is 94.4 Å². The van der Waals surface area contributed by atoms with E-state index in [0.29, 0.717) is 28.0 Å². The molecule has 146 valence electrons. The van der Waals surface area contributed by atoms with Gasteiger partial charge in [-0.3, -0.25) is 19.3 Å². The maximum Gasteiger partial charge on any atom is 0.261 e. The number of nitrogens with zero attached hydrogens (tertiary/aromatic N) is 1. The number of hydrogen-bond acceptors (Lipinski definition) is 4. The fourth-order valence-electron chi connectivity index (χ4n) is 3.41. The van der Waals surface area contributed by atoms with Crippen LogP contribution >= 0.6 is 0 Å². The van der Waals surface area contributed by atoms with E-state index in [4.69, 9.17) is 4.42 Å². The summed E-state index contributed by atoms with van der Waals surface area (Å²) in [4.78, 5) is 38.9. The maximum atomic E-state index is 12.6. The molecular formula is C23H20N2O4. The van der Waals surface area contributed by atoms with Crippen LogP contribution in [0, 0.1) is 6.92 Å². The van der Waals surface area contributed by atoms with E-state index in [-0.39, 0.29) is 30.3 Å². The van der Waals surface area contributed by atoms with Crippen LogP contribution in [-0.2, 0) is 6.54 Å². The number of fused-ring (bicyclic) bond motifs is 1. The summed E-state index contributed by atoms with van der Waals surface area (Å²) in [7, 11) is 0. The highest BCUT2D eigenvalue weighted by Crippen LogP contribution is 2.24. The smallest absolute Gasteiger partial charge is 0.261 e. The third-order valence-electron chi connectivity index (χ3n) is 4.94. The largest absolute Gasteiger partial charge is 0.464 e. The topological polar surface area (TPSA) is 79.6 Å². The monoisotopic (exact) mass is 388 g/mol. The van der Waals surface area contributed by atoms with Gasteiger partial charge in [-0.05, 0) is 55.8 Å². The fraction of sp³-hybridized carbons (Fsp3) is 0.174. The van der Waals surface area contributed by atoms with Gasteiger partial charge in [-0.1, -0.05) is 24.3 Å². The predicted molar refractivity (Wildman–Crippen MR) is 106 cm³/mol. The van der Waals surface area contributed by atoms with Gasteiger partial charge in [0.25, 0.3) is 17.7 Å². The first-order valence-corrected chi connectivity index (χ1v) is 9.35. The third kappa shape index (κ3) is 3.57. The standard InChI is InChI=1S/C23H20N2O4/c1-14-10-11-20(29-14)15(2)24-21(26)17-7-5-6-16(12-17)13-25-22(27)18-8-3-4-9-19(18)23(25)28/h3-12,15H,13H2,1-2H3,(H,24,26). The number of aryl methyl sites for hydroxylation is 1. The van der Waals surface area contributed by atoms with Crippen molar-refractivity contribution >= 4 is 17.7 Å². The average Bonchev–Trinajstić information content (AvgIpc) is 3.26. The van der Waals surface area contributed by atoms with Gasteiger partial charge in [0.05, 0.1) is 23.7 Å². The molecule has 1 N–H and O–H groups in total. The molecule has 1 unspecified atom stereocenters. The lowest BCUT2D eigenvalue weighted by molar-refractivity contribution is 0.0642. The minimum atomic E-state index is -0.317. The van der Waals surface area contributed by atoms with Gasteiger partial charge >= 0.3 is 0 Å². The molecule has 0 spiro atoms. The first-order valence-electron chi connectivity index (χ1n) is 9.35. The zero-order valence-corrected chi connectivity index (χ0v) is 16.1. The molecular weight excluding hydrogens is 368 g/mol. The summed E-state index contributed by atoms with van der Waals surface area (Å²) in [5.74, 6) is 0.572. The zero-order chi connectivity index (χ0) is 20.5. The van der Waals surface area contributed by atoms with Crippen LogP contribution in [0.5, 0.6) is 0 Å². The van der Waals surface area contributed by atoms with Crippen molar-refractivity contribution in [2.75, 3.05) is 0 Å². The Labute approximate surface area is 168 Å². The molecule has 2 aromatic carbocycles. The summed E-state index contributed by atoms with van der Waals surface area (Å²) in [5, 5.41) is 2.90. The van der Waals surface area contributed by atoms with E-state index in [2.05, 4.69) is 5.32 Å². The maximum absolute atomic E-state index is 12.6. The Bertz CT molecular complexity index is 1080. The van der Waals surface area contributed by atoms with Gasteiger partial charge < -0.3 is 9.73 Å². The molecule has 0 aliphatic carbocycles. The van der Waals surface area contributed by atoms with E-state index in [1.807, 2.05) is 26.0 Å². The van der Waals surface area contributed by atoms with Crippen LogP contribution in [0.25, 0.3) is 0 Å². The van der Waals surface area contributed by atoms with Gasteiger partial charge in [0.1, 0.15) is 11.5 Å². The summed E-state index contributed by atoms with van der Waals surface area (Å²) in [6.07, 6.45) is 0. The molecule has 1 atom stereocenters. The second-order valence-corrected chi connectivity index (χ2v) is 7.09. The van der Waals surface area contributed by atoms with E-state index in [0.717, 1.165) is 5.76 Å². The molecule has 1 aliphatic rings. The molecule has 6 nitrogen and oxygen atoms in total. The average molecular weight is 388 g/mol. The van der Waals surface area contributed by atoms with Gasteiger partial charge in [-0.25, -0.2) is 0 Å². The Hall–Kier alpha value is -3.67. The summed E-state index contributed by atoms with van der Waals surface area (Å²) >= 11 is 0. The number of nitrogens with one attached hydrogen (secondary N) is 1. The summed E-state index contributed by atoms with van der Waals surface area (Å²) in [6.45, 7) is 3.81. The SMILES string of the molecule is Cc1ccc(C(C)NC(=O)c2cccc(CN3C(=O)c4ccccc4C3=O)c2)o1. The molecule has 0 bridgehead atoms. The minimum absolute atomic E-state index is 0.112. The van der Waals surface area contributed by atoms with Crippen LogP contribution in [0.1, 0.15) is 61.1 Å². The molecule has 6 heteroatoms. The van der Waals surface area contributed by atoms with Crippen LogP contribution < -0.4 is 5.32 Å². The highest BCUT2D eigenvalue weighted by atomic mass is 16.3. The number of rotatable bonds is 5. The molecule has 0 fully saturated rings. The second-order valence-electron chi connectivity index (χ2n) is 7.09. The van der Waals surface area contributed by atoms with Crippen molar-refractivity contribution in [1.29, 1.82) is 0 Å². The Morgan fingerprint density at radius 1 is 1.00 bits per heavy atom. The molecule has 29 heavy (non-hydrogen) atoms. The lowest BCUT2D eigenvalue weighted by atomic mass is 10.1. The Balaban J connectivity index is 1.49. The summed E-state index contributed by atoms with van der Waals surface area (Å²) < 4.78 is 5.55. The van der Waals surface area contributed by atoms with Gasteiger partial charge in [-0.2, -0.15) is 0 Å². The van der Waals surface area contributed by atoms with Crippen molar-refractivity contribution in [3.8, 4) is 0 Å². The molecule has 0 saturated carbocycles. The van der Waals surface area contributed by atoms with Crippen LogP contribution in [0.2, 0.25) is 0 Å². The van der Waals surface area contributed by atoms with Crippen molar-refractivity contribution in [2.45, 2.75) is 26.4 Å². The number of amides is 3. The number of imide groups is 1. The van der Waals surface area contributed by atoms with Crippen LogP contribution in [0.15, 0.2) is 65.1 Å². The summed E-state index contributed by atoms with van der Waals surface area (Å²) in [6, 6.07) is 17.1. The van der Waals surface area contributed by atoms with Gasteiger partial charge in [0.15, 0.2) is 0 Å². The van der Waals surface area contributed by atoms with E-state index in [1.54, 1.807) is 48.5 Å². The quantitative estimate of drug-likeness (QED) is 0.673. The van der Waals surface area contributed by atoms with Gasteiger partial charge in [-0.15, -0.1) is 0 Å². The molecule has 1 aliphatic heterocycles. The van der Waals surface area contributed by atoms with Crippen molar-refractivity contribution in [1.82, 2.24) is 10.2 Å². The predicted octanol–water partition coefficient (Wildman–Crippen LogP) is 3.88. The number of furan rings is 1. The lowest BCUT2D eigenvalue weighted by Crippen LogP contribution is -2.29. The second kappa shape index (κ2) is 7.39. The van der Waals surface area contributed by atoms with Crippen LogP contribution in [-0.4, -0.2) is 22.6 Å². The fourth-order valence-corrected chi connectivity index (χ4v) is 3.41. The molecule has 4 rings (SSSR count). The van der Waals surface area contributed by atoms with Gasteiger partial charge in [0.2, 0.25) is 0 Å². The molecule has 3 amide bonds. The Morgan fingerprint density at radius 3 is 2.31 bits per heavy atom. The Morgan fingerprint density at radius 2 is 1.69 bits per heavy atom. The highest BCUT2D eigenvalue weighted by Gasteiger charge is 2.35. The van der Waals surface area contributed by atoms with Crippen LogP contribution in [0.3, 0.4) is 0 Å². The lowest BCUT2D eigenvalue weighted by Gasteiger charge is -2.15. The molecule has 2 heterocycles. The van der Waals surface area contributed by atoms with E-state index < -0.39 is 0 Å². The number of hydrogen-bond donors (Lipinski definition) is 1. The normalized spacial score (nSPS) is 14.1. The summed E-state index contributed by atoms with van der Waals surface area (Å²) in [5.41, 5.74) is 1.98. The molecule has 3 aromatic rings.